The number of nitrogens with one attached hydrogen (secondary N) is 2. The fourth-order valence-corrected chi connectivity index (χ4v) is 3.85. The van der Waals surface area contributed by atoms with Gasteiger partial charge in [-0.05, 0) is 60.2 Å². The molecule has 1 unspecified atom stereocenters. The summed E-state index contributed by atoms with van der Waals surface area (Å²) in [5.74, 6) is 1.59. The number of hydrogen-bond donors (Lipinski definition) is 2. The molecule has 0 saturated carbocycles. The smallest absolute Gasteiger partial charge is 0.119 e. The van der Waals surface area contributed by atoms with Gasteiger partial charge in [0.2, 0.25) is 0 Å². The van der Waals surface area contributed by atoms with E-state index in [1.54, 1.807) is 0 Å². The Morgan fingerprint density at radius 2 is 2.08 bits per heavy atom. The zero-order chi connectivity index (χ0) is 18.1. The molecule has 4 heteroatoms. The molecule has 0 radical (unpaired) electrons. The summed E-state index contributed by atoms with van der Waals surface area (Å²) in [5.41, 5.74) is 4.99. The highest BCUT2D eigenvalue weighted by Crippen LogP contribution is 2.35. The summed E-state index contributed by atoms with van der Waals surface area (Å²) in [6.07, 6.45) is 2.08. The van der Waals surface area contributed by atoms with E-state index < -0.39 is 0 Å². The highest BCUT2D eigenvalue weighted by Gasteiger charge is 2.25. The first-order chi connectivity index (χ1) is 12.6. The van der Waals surface area contributed by atoms with E-state index in [1.807, 2.05) is 12.1 Å². The summed E-state index contributed by atoms with van der Waals surface area (Å²) < 4.78 is 5.96. The van der Waals surface area contributed by atoms with Crippen molar-refractivity contribution in [3.05, 3.63) is 64.3 Å². The standard InChI is InChI=1S/C22H25ClN2O/c1-14(2)9-11-26-17-5-3-4-15(12-17)21-22-18(8-10-24-21)19-13-16(23)6-7-20(19)25-22/h3-7,12-14,21,24-25H,8-11H2,1-2H3. The van der Waals surface area contributed by atoms with Crippen LogP contribution < -0.4 is 10.1 Å². The van der Waals surface area contributed by atoms with Crippen LogP contribution in [0.4, 0.5) is 0 Å². The molecule has 1 aromatic heterocycles. The summed E-state index contributed by atoms with van der Waals surface area (Å²) in [5, 5.41) is 5.68. The van der Waals surface area contributed by atoms with Gasteiger partial charge in [-0.1, -0.05) is 37.6 Å². The molecule has 0 aliphatic carbocycles. The van der Waals surface area contributed by atoms with E-state index in [1.165, 1.54) is 22.2 Å². The number of rotatable bonds is 5. The fourth-order valence-electron chi connectivity index (χ4n) is 3.68. The Kier molecular flexibility index (Phi) is 4.92. The largest absolute Gasteiger partial charge is 0.494 e. The van der Waals surface area contributed by atoms with E-state index in [0.29, 0.717) is 5.92 Å². The molecule has 26 heavy (non-hydrogen) atoms. The molecule has 1 atom stereocenters. The lowest BCUT2D eigenvalue weighted by Gasteiger charge is -2.25. The number of aromatic amines is 1. The molecule has 1 aliphatic rings. The second kappa shape index (κ2) is 7.34. The quantitative estimate of drug-likeness (QED) is 0.625. The predicted octanol–water partition coefficient (Wildman–Crippen LogP) is 5.48. The Bertz CT molecular complexity index is 916. The molecule has 1 aliphatic heterocycles. The lowest BCUT2D eigenvalue weighted by atomic mass is 9.94. The van der Waals surface area contributed by atoms with Crippen LogP contribution in [0.1, 0.15) is 43.1 Å². The molecule has 136 valence electrons. The average Bonchev–Trinajstić information content (AvgIpc) is 2.99. The predicted molar refractivity (Wildman–Crippen MR) is 108 cm³/mol. The minimum Gasteiger partial charge on any atom is -0.494 e. The third kappa shape index (κ3) is 3.46. The third-order valence-corrected chi connectivity index (χ3v) is 5.30. The minimum absolute atomic E-state index is 0.151. The number of hydrogen-bond acceptors (Lipinski definition) is 2. The second-order valence-electron chi connectivity index (χ2n) is 7.45. The second-order valence-corrected chi connectivity index (χ2v) is 7.88. The van der Waals surface area contributed by atoms with Gasteiger partial charge in [0.25, 0.3) is 0 Å². The van der Waals surface area contributed by atoms with E-state index in [4.69, 9.17) is 16.3 Å². The van der Waals surface area contributed by atoms with Gasteiger partial charge in [-0.3, -0.25) is 0 Å². The van der Waals surface area contributed by atoms with Gasteiger partial charge in [0, 0.05) is 28.2 Å². The molecule has 3 nitrogen and oxygen atoms in total. The summed E-state index contributed by atoms with van der Waals surface area (Å²) >= 11 is 6.22. The van der Waals surface area contributed by atoms with Crippen molar-refractivity contribution in [2.45, 2.75) is 32.7 Å². The van der Waals surface area contributed by atoms with Gasteiger partial charge in [-0.2, -0.15) is 0 Å². The maximum absolute atomic E-state index is 6.22. The van der Waals surface area contributed by atoms with Crippen molar-refractivity contribution >= 4 is 22.5 Å². The molecule has 2 N–H and O–H groups in total. The molecule has 2 aromatic carbocycles. The SMILES string of the molecule is CC(C)CCOc1cccc(C2NCCc3c2[nH]c2ccc(Cl)cc32)c1. The highest BCUT2D eigenvalue weighted by molar-refractivity contribution is 6.31. The van der Waals surface area contributed by atoms with Crippen molar-refractivity contribution in [3.63, 3.8) is 0 Å². The molecule has 4 rings (SSSR count). The van der Waals surface area contributed by atoms with Gasteiger partial charge >= 0.3 is 0 Å². The summed E-state index contributed by atoms with van der Waals surface area (Å²) in [4.78, 5) is 3.61. The van der Waals surface area contributed by atoms with E-state index in [-0.39, 0.29) is 6.04 Å². The van der Waals surface area contributed by atoms with Gasteiger partial charge in [-0.25, -0.2) is 0 Å². The van der Waals surface area contributed by atoms with Crippen molar-refractivity contribution in [3.8, 4) is 5.75 Å². The molecular weight excluding hydrogens is 344 g/mol. The topological polar surface area (TPSA) is 37.0 Å². The normalized spacial score (nSPS) is 16.8. The van der Waals surface area contributed by atoms with Crippen LogP contribution in [0.2, 0.25) is 5.02 Å². The number of benzene rings is 2. The molecular formula is C22H25ClN2O. The molecule has 2 heterocycles. The van der Waals surface area contributed by atoms with E-state index in [0.717, 1.165) is 42.3 Å². The van der Waals surface area contributed by atoms with Crippen LogP contribution in [0.3, 0.4) is 0 Å². The van der Waals surface area contributed by atoms with Crippen LogP contribution in [0.5, 0.6) is 5.75 Å². The summed E-state index contributed by atoms with van der Waals surface area (Å²) in [6.45, 7) is 6.15. The van der Waals surface area contributed by atoms with Crippen LogP contribution in [0, 0.1) is 5.92 Å². The fraction of sp³-hybridized carbons (Fsp3) is 0.364. The first-order valence-corrected chi connectivity index (χ1v) is 9.76. The first-order valence-electron chi connectivity index (χ1n) is 9.38. The van der Waals surface area contributed by atoms with Crippen molar-refractivity contribution in [1.29, 1.82) is 0 Å². The number of halogens is 1. The maximum atomic E-state index is 6.22. The Morgan fingerprint density at radius 1 is 1.19 bits per heavy atom. The van der Waals surface area contributed by atoms with Crippen molar-refractivity contribution in [2.75, 3.05) is 13.2 Å². The number of ether oxygens (including phenoxy) is 1. The van der Waals surface area contributed by atoms with Gasteiger partial charge in [-0.15, -0.1) is 0 Å². The minimum atomic E-state index is 0.151. The highest BCUT2D eigenvalue weighted by atomic mass is 35.5. The number of aromatic nitrogens is 1. The third-order valence-electron chi connectivity index (χ3n) is 5.07. The van der Waals surface area contributed by atoms with Crippen molar-refractivity contribution < 1.29 is 4.74 Å². The van der Waals surface area contributed by atoms with Gasteiger partial charge in [0.05, 0.1) is 12.6 Å². The van der Waals surface area contributed by atoms with Crippen LogP contribution in [-0.4, -0.2) is 18.1 Å². The summed E-state index contributed by atoms with van der Waals surface area (Å²) in [6, 6.07) is 14.7. The molecule has 0 saturated heterocycles. The monoisotopic (exact) mass is 368 g/mol. The maximum Gasteiger partial charge on any atom is 0.119 e. The lowest BCUT2D eigenvalue weighted by molar-refractivity contribution is 0.289. The van der Waals surface area contributed by atoms with E-state index in [2.05, 4.69) is 54.5 Å². The van der Waals surface area contributed by atoms with Crippen LogP contribution >= 0.6 is 11.6 Å². The Morgan fingerprint density at radius 3 is 2.92 bits per heavy atom. The van der Waals surface area contributed by atoms with Crippen LogP contribution in [0.25, 0.3) is 10.9 Å². The Balaban J connectivity index is 1.64. The zero-order valence-electron chi connectivity index (χ0n) is 15.3. The van der Waals surface area contributed by atoms with Gasteiger partial charge < -0.3 is 15.0 Å². The first kappa shape index (κ1) is 17.4. The zero-order valence-corrected chi connectivity index (χ0v) is 16.1. The van der Waals surface area contributed by atoms with Gasteiger partial charge in [0.1, 0.15) is 5.75 Å². The Labute approximate surface area is 159 Å². The number of H-pyrrole nitrogens is 1. The van der Waals surface area contributed by atoms with Crippen LogP contribution in [-0.2, 0) is 6.42 Å². The molecule has 0 spiro atoms. The van der Waals surface area contributed by atoms with Crippen LogP contribution in [0.15, 0.2) is 42.5 Å². The molecule has 3 aromatic rings. The number of fused-ring (bicyclic) bond motifs is 3. The van der Waals surface area contributed by atoms with Gasteiger partial charge in [0.15, 0.2) is 0 Å². The summed E-state index contributed by atoms with van der Waals surface area (Å²) in [7, 11) is 0. The average molecular weight is 369 g/mol. The van der Waals surface area contributed by atoms with Crippen molar-refractivity contribution in [1.82, 2.24) is 10.3 Å². The molecule has 0 bridgehead atoms. The van der Waals surface area contributed by atoms with E-state index in [9.17, 15) is 0 Å². The molecule has 0 fully saturated rings. The lowest BCUT2D eigenvalue weighted by Crippen LogP contribution is -2.30. The van der Waals surface area contributed by atoms with Crippen molar-refractivity contribution in [2.24, 2.45) is 5.92 Å². The molecule has 0 amide bonds. The van der Waals surface area contributed by atoms with E-state index >= 15 is 0 Å². The Hall–Kier alpha value is -1.97.